The summed E-state index contributed by atoms with van der Waals surface area (Å²) in [7, 11) is 1.66. The number of nitrogens with zero attached hydrogens (tertiary/aromatic N) is 3. The Morgan fingerprint density at radius 1 is 1.17 bits per heavy atom. The smallest absolute Gasteiger partial charge is 0.161 e. The molecular formula is C18H20BrN3O2. The lowest BCUT2D eigenvalue weighted by Gasteiger charge is -2.09. The largest absolute Gasteiger partial charge is 0.497 e. The lowest BCUT2D eigenvalue weighted by molar-refractivity contribution is 0.311. The molecule has 1 aromatic carbocycles. The standard InChI is InChI=1S/C18H20BrN3O2/c1-3-4-9-24-17-15-10-21-22(18(15)20-11-16(17)19)12-13-5-7-14(23-2)8-6-13/h5-8,10-11H,3-4,9,12H2,1-2H3. The molecule has 3 aromatic rings. The molecule has 5 nitrogen and oxygen atoms in total. The molecule has 0 unspecified atom stereocenters. The first-order valence-corrected chi connectivity index (χ1v) is 8.78. The molecule has 0 aliphatic rings. The van der Waals surface area contributed by atoms with Gasteiger partial charge in [0.05, 0.1) is 36.3 Å². The highest BCUT2D eigenvalue weighted by Crippen LogP contribution is 2.32. The number of unbranched alkanes of at least 4 members (excludes halogenated alkanes) is 1. The highest BCUT2D eigenvalue weighted by molar-refractivity contribution is 9.10. The molecule has 0 N–H and O–H groups in total. The normalized spacial score (nSPS) is 11.0. The van der Waals surface area contributed by atoms with E-state index in [1.807, 2.05) is 35.1 Å². The van der Waals surface area contributed by atoms with Gasteiger partial charge in [0.2, 0.25) is 0 Å². The van der Waals surface area contributed by atoms with Gasteiger partial charge in [0.15, 0.2) is 5.65 Å². The monoisotopic (exact) mass is 389 g/mol. The van der Waals surface area contributed by atoms with Gasteiger partial charge in [0, 0.05) is 6.20 Å². The van der Waals surface area contributed by atoms with E-state index in [2.05, 4.69) is 32.9 Å². The number of ether oxygens (including phenoxy) is 2. The van der Waals surface area contributed by atoms with E-state index in [1.165, 1.54) is 0 Å². The lowest BCUT2D eigenvalue weighted by atomic mass is 10.2. The van der Waals surface area contributed by atoms with Crippen LogP contribution in [0.4, 0.5) is 0 Å². The maximum atomic E-state index is 5.93. The second-order valence-corrected chi connectivity index (χ2v) is 6.38. The third kappa shape index (κ3) is 3.53. The van der Waals surface area contributed by atoms with Crippen LogP contribution < -0.4 is 9.47 Å². The summed E-state index contributed by atoms with van der Waals surface area (Å²) in [6.07, 6.45) is 5.71. The average Bonchev–Trinajstić information content (AvgIpc) is 3.00. The van der Waals surface area contributed by atoms with Crippen molar-refractivity contribution in [3.63, 3.8) is 0 Å². The maximum absolute atomic E-state index is 5.93. The summed E-state index contributed by atoms with van der Waals surface area (Å²) in [6, 6.07) is 7.96. The van der Waals surface area contributed by atoms with Gasteiger partial charge >= 0.3 is 0 Å². The SMILES string of the molecule is CCCCOc1c(Br)cnc2c1cnn2Cc1ccc(OC)cc1. The van der Waals surface area contributed by atoms with Gasteiger partial charge in [0.25, 0.3) is 0 Å². The molecule has 0 aliphatic carbocycles. The summed E-state index contributed by atoms with van der Waals surface area (Å²) >= 11 is 3.52. The van der Waals surface area contributed by atoms with Crippen LogP contribution in [-0.4, -0.2) is 28.5 Å². The fourth-order valence-corrected chi connectivity index (χ4v) is 2.90. The first kappa shape index (κ1) is 16.8. The van der Waals surface area contributed by atoms with E-state index < -0.39 is 0 Å². The molecule has 0 atom stereocenters. The van der Waals surface area contributed by atoms with Gasteiger partial charge in [-0.15, -0.1) is 0 Å². The van der Waals surface area contributed by atoms with Gasteiger partial charge in [-0.25, -0.2) is 9.67 Å². The first-order chi connectivity index (χ1) is 11.7. The predicted molar refractivity (Wildman–Crippen MR) is 97.7 cm³/mol. The van der Waals surface area contributed by atoms with E-state index >= 15 is 0 Å². The molecule has 3 rings (SSSR count). The Morgan fingerprint density at radius 3 is 2.67 bits per heavy atom. The van der Waals surface area contributed by atoms with Crippen molar-refractivity contribution in [1.82, 2.24) is 14.8 Å². The summed E-state index contributed by atoms with van der Waals surface area (Å²) in [5.74, 6) is 1.66. The zero-order chi connectivity index (χ0) is 16.9. The van der Waals surface area contributed by atoms with Crippen LogP contribution in [0.15, 0.2) is 41.1 Å². The number of hydrogen-bond acceptors (Lipinski definition) is 4. The number of hydrogen-bond donors (Lipinski definition) is 0. The van der Waals surface area contributed by atoms with Crippen LogP contribution in [0, 0.1) is 0 Å². The Morgan fingerprint density at radius 2 is 1.96 bits per heavy atom. The fraction of sp³-hybridized carbons (Fsp3) is 0.333. The summed E-state index contributed by atoms with van der Waals surface area (Å²) in [5.41, 5.74) is 1.96. The Kier molecular flexibility index (Phi) is 5.35. The zero-order valence-corrected chi connectivity index (χ0v) is 15.4. The first-order valence-electron chi connectivity index (χ1n) is 7.98. The maximum Gasteiger partial charge on any atom is 0.161 e. The van der Waals surface area contributed by atoms with Crippen molar-refractivity contribution in [3.05, 3.63) is 46.7 Å². The number of fused-ring (bicyclic) bond motifs is 1. The summed E-state index contributed by atoms with van der Waals surface area (Å²) < 4.78 is 13.9. The van der Waals surface area contributed by atoms with E-state index in [4.69, 9.17) is 9.47 Å². The topological polar surface area (TPSA) is 49.2 Å². The molecule has 0 radical (unpaired) electrons. The molecule has 2 aromatic heterocycles. The van der Waals surface area contributed by atoms with E-state index in [0.717, 1.165) is 45.4 Å². The second kappa shape index (κ2) is 7.66. The molecule has 0 saturated carbocycles. The molecular weight excluding hydrogens is 370 g/mol. The third-order valence-electron chi connectivity index (χ3n) is 3.81. The summed E-state index contributed by atoms with van der Waals surface area (Å²) in [6.45, 7) is 3.49. The van der Waals surface area contributed by atoms with Crippen molar-refractivity contribution in [2.45, 2.75) is 26.3 Å². The van der Waals surface area contributed by atoms with Crippen LogP contribution in [0.25, 0.3) is 11.0 Å². The Hall–Kier alpha value is -2.08. The van der Waals surface area contributed by atoms with Gasteiger partial charge in [-0.2, -0.15) is 5.10 Å². The minimum atomic E-state index is 0.649. The lowest BCUT2D eigenvalue weighted by Crippen LogP contribution is -2.03. The van der Waals surface area contributed by atoms with Crippen LogP contribution >= 0.6 is 15.9 Å². The van der Waals surface area contributed by atoms with Crippen molar-refractivity contribution in [3.8, 4) is 11.5 Å². The minimum Gasteiger partial charge on any atom is -0.497 e. The van der Waals surface area contributed by atoms with Crippen LogP contribution in [0.1, 0.15) is 25.3 Å². The van der Waals surface area contributed by atoms with Crippen LogP contribution in [0.3, 0.4) is 0 Å². The average molecular weight is 390 g/mol. The molecule has 0 fully saturated rings. The summed E-state index contributed by atoms with van der Waals surface area (Å²) in [5, 5.41) is 5.41. The second-order valence-electron chi connectivity index (χ2n) is 5.52. The molecule has 0 amide bonds. The van der Waals surface area contributed by atoms with Gasteiger partial charge in [-0.1, -0.05) is 25.5 Å². The van der Waals surface area contributed by atoms with Crippen molar-refractivity contribution in [2.24, 2.45) is 0 Å². The molecule has 0 aliphatic heterocycles. The molecule has 2 heterocycles. The number of halogens is 1. The summed E-state index contributed by atoms with van der Waals surface area (Å²) in [4.78, 5) is 4.51. The quantitative estimate of drug-likeness (QED) is 0.560. The van der Waals surface area contributed by atoms with Crippen LogP contribution in [0.2, 0.25) is 0 Å². The number of methoxy groups -OCH3 is 1. The zero-order valence-electron chi connectivity index (χ0n) is 13.8. The van der Waals surface area contributed by atoms with Crippen molar-refractivity contribution < 1.29 is 9.47 Å². The van der Waals surface area contributed by atoms with Gasteiger partial charge in [-0.05, 0) is 40.0 Å². The molecule has 0 spiro atoms. The number of aromatic nitrogens is 3. The molecule has 0 saturated heterocycles. The molecule has 24 heavy (non-hydrogen) atoms. The van der Waals surface area contributed by atoms with Crippen LogP contribution in [-0.2, 0) is 6.54 Å². The van der Waals surface area contributed by atoms with Gasteiger partial charge < -0.3 is 9.47 Å². The molecule has 0 bridgehead atoms. The fourth-order valence-electron chi connectivity index (χ4n) is 2.47. The molecule has 126 valence electrons. The van der Waals surface area contributed by atoms with Crippen LogP contribution in [0.5, 0.6) is 11.5 Å². The highest BCUT2D eigenvalue weighted by Gasteiger charge is 2.13. The molecule has 6 heteroatoms. The van der Waals surface area contributed by atoms with Crippen molar-refractivity contribution in [1.29, 1.82) is 0 Å². The third-order valence-corrected chi connectivity index (χ3v) is 4.37. The van der Waals surface area contributed by atoms with E-state index in [1.54, 1.807) is 13.3 Å². The number of benzene rings is 1. The Bertz CT molecular complexity index is 815. The van der Waals surface area contributed by atoms with Gasteiger partial charge in [-0.3, -0.25) is 0 Å². The van der Waals surface area contributed by atoms with E-state index in [-0.39, 0.29) is 0 Å². The minimum absolute atomic E-state index is 0.649. The Labute approximate surface area is 149 Å². The van der Waals surface area contributed by atoms with Gasteiger partial charge in [0.1, 0.15) is 11.5 Å². The van der Waals surface area contributed by atoms with E-state index in [9.17, 15) is 0 Å². The van der Waals surface area contributed by atoms with Crippen molar-refractivity contribution in [2.75, 3.05) is 13.7 Å². The van der Waals surface area contributed by atoms with Crippen molar-refractivity contribution >= 4 is 27.0 Å². The number of rotatable bonds is 7. The highest BCUT2D eigenvalue weighted by atomic mass is 79.9. The van der Waals surface area contributed by atoms with E-state index in [0.29, 0.717) is 13.2 Å². The predicted octanol–water partition coefficient (Wildman–Crippen LogP) is 4.43. The number of pyridine rings is 1. The Balaban J connectivity index is 1.88.